The van der Waals surface area contributed by atoms with Gasteiger partial charge in [-0.25, -0.2) is 0 Å². The van der Waals surface area contributed by atoms with Crippen LogP contribution in [0.2, 0.25) is 0 Å². The van der Waals surface area contributed by atoms with E-state index < -0.39 is 20.5 Å². The predicted molar refractivity (Wildman–Crippen MR) is 101 cm³/mol. The standard InChI is InChI=1S/C19H30O2S2/c1-5-6-7-13-19(22-4,18(20)14-12-16(18)3)23(21)17-10-8-15(2)9-11-17/h8-11,16,20H,5-7,12-14H2,1-4H3. The Morgan fingerprint density at radius 1 is 1.35 bits per heavy atom. The van der Waals surface area contributed by atoms with Crippen LogP contribution in [0.1, 0.15) is 57.9 Å². The third kappa shape index (κ3) is 3.40. The molecule has 1 N–H and O–H groups in total. The Morgan fingerprint density at radius 2 is 2.00 bits per heavy atom. The van der Waals surface area contributed by atoms with Gasteiger partial charge in [0.25, 0.3) is 0 Å². The zero-order chi connectivity index (χ0) is 17.1. The number of benzene rings is 1. The highest BCUT2D eigenvalue weighted by Crippen LogP contribution is 2.56. The van der Waals surface area contributed by atoms with Gasteiger partial charge in [-0.2, -0.15) is 0 Å². The number of hydrogen-bond donors (Lipinski definition) is 1. The lowest BCUT2D eigenvalue weighted by Gasteiger charge is -2.55. The van der Waals surface area contributed by atoms with Gasteiger partial charge >= 0.3 is 0 Å². The van der Waals surface area contributed by atoms with Crippen molar-refractivity contribution in [1.82, 2.24) is 0 Å². The van der Waals surface area contributed by atoms with Crippen LogP contribution in [0.4, 0.5) is 0 Å². The lowest BCUT2D eigenvalue weighted by atomic mass is 9.67. The molecule has 1 fully saturated rings. The smallest absolute Gasteiger partial charge is 0.124 e. The molecule has 0 aliphatic heterocycles. The van der Waals surface area contributed by atoms with Gasteiger partial charge in [-0.3, -0.25) is 4.21 Å². The molecule has 4 atom stereocenters. The lowest BCUT2D eigenvalue weighted by Crippen LogP contribution is -2.63. The van der Waals surface area contributed by atoms with Gasteiger partial charge < -0.3 is 5.11 Å². The van der Waals surface area contributed by atoms with Crippen LogP contribution < -0.4 is 0 Å². The highest BCUT2D eigenvalue weighted by molar-refractivity contribution is 8.12. The molecule has 1 aliphatic carbocycles. The topological polar surface area (TPSA) is 37.3 Å². The van der Waals surface area contributed by atoms with Crippen LogP contribution in [0, 0.1) is 12.8 Å². The molecule has 4 unspecified atom stereocenters. The summed E-state index contributed by atoms with van der Waals surface area (Å²) in [5.41, 5.74) is 0.345. The Bertz CT molecular complexity index is 543. The van der Waals surface area contributed by atoms with Gasteiger partial charge in [-0.05, 0) is 50.5 Å². The number of unbranched alkanes of at least 4 members (excludes halogenated alkanes) is 2. The van der Waals surface area contributed by atoms with Gasteiger partial charge in [0.15, 0.2) is 0 Å². The second kappa shape index (κ2) is 7.71. The maximum atomic E-state index is 13.5. The van der Waals surface area contributed by atoms with E-state index in [4.69, 9.17) is 0 Å². The molecule has 1 saturated carbocycles. The first-order valence-electron chi connectivity index (χ1n) is 8.67. The quantitative estimate of drug-likeness (QED) is 0.674. The number of thioether (sulfide) groups is 1. The summed E-state index contributed by atoms with van der Waals surface area (Å²) in [5.74, 6) is 0.214. The zero-order valence-corrected chi connectivity index (χ0v) is 16.4. The highest BCUT2D eigenvalue weighted by atomic mass is 32.2. The maximum Gasteiger partial charge on any atom is 0.124 e. The number of aryl methyl sites for hydroxylation is 1. The predicted octanol–water partition coefficient (Wildman–Crippen LogP) is 4.90. The van der Waals surface area contributed by atoms with Gasteiger partial charge in [0.1, 0.15) is 4.08 Å². The first kappa shape index (κ1) is 19.0. The minimum absolute atomic E-state index is 0.214. The summed E-state index contributed by atoms with van der Waals surface area (Å²) in [7, 11) is -1.22. The normalized spacial score (nSPS) is 28.0. The molecular weight excluding hydrogens is 324 g/mol. The number of aliphatic hydroxyl groups is 1. The van der Waals surface area contributed by atoms with E-state index in [9.17, 15) is 9.32 Å². The van der Waals surface area contributed by atoms with Crippen LogP contribution >= 0.6 is 11.8 Å². The zero-order valence-electron chi connectivity index (χ0n) is 14.8. The van der Waals surface area contributed by atoms with Crippen molar-refractivity contribution < 1.29 is 9.32 Å². The van der Waals surface area contributed by atoms with Crippen LogP contribution in [0.25, 0.3) is 0 Å². The lowest BCUT2D eigenvalue weighted by molar-refractivity contribution is -0.0973. The van der Waals surface area contributed by atoms with Crippen molar-refractivity contribution in [3.05, 3.63) is 29.8 Å². The molecule has 1 aromatic rings. The molecule has 4 heteroatoms. The fraction of sp³-hybridized carbons (Fsp3) is 0.684. The highest BCUT2D eigenvalue weighted by Gasteiger charge is 2.61. The van der Waals surface area contributed by atoms with Crippen molar-refractivity contribution in [2.45, 2.75) is 73.9 Å². The molecule has 1 aliphatic rings. The number of rotatable bonds is 8. The Labute approximate surface area is 147 Å². The summed E-state index contributed by atoms with van der Waals surface area (Å²) in [6.45, 7) is 6.32. The van der Waals surface area contributed by atoms with Crippen LogP contribution in [0.15, 0.2) is 29.2 Å². The Hall–Kier alpha value is -0.320. The molecule has 0 spiro atoms. The van der Waals surface area contributed by atoms with E-state index in [2.05, 4.69) is 13.8 Å². The first-order valence-corrected chi connectivity index (χ1v) is 11.0. The molecule has 0 radical (unpaired) electrons. The molecule has 2 nitrogen and oxygen atoms in total. The third-order valence-electron chi connectivity index (χ3n) is 5.41. The average molecular weight is 355 g/mol. The molecule has 2 rings (SSSR count). The van der Waals surface area contributed by atoms with E-state index in [1.165, 1.54) is 5.56 Å². The van der Waals surface area contributed by atoms with E-state index in [-0.39, 0.29) is 5.92 Å². The van der Waals surface area contributed by atoms with Crippen LogP contribution in [0.3, 0.4) is 0 Å². The third-order valence-corrected chi connectivity index (χ3v) is 9.44. The molecule has 0 saturated heterocycles. The van der Waals surface area contributed by atoms with E-state index in [0.29, 0.717) is 0 Å². The maximum absolute atomic E-state index is 13.5. The van der Waals surface area contributed by atoms with E-state index >= 15 is 0 Å². The Balaban J connectivity index is 2.38. The summed E-state index contributed by atoms with van der Waals surface area (Å²) >= 11 is 1.61. The minimum Gasteiger partial charge on any atom is -0.387 e. The minimum atomic E-state index is -1.22. The monoisotopic (exact) mass is 354 g/mol. The molecule has 0 heterocycles. The summed E-state index contributed by atoms with van der Waals surface area (Å²) < 4.78 is 12.9. The van der Waals surface area contributed by atoms with Crippen molar-refractivity contribution in [2.24, 2.45) is 5.92 Å². The second-order valence-electron chi connectivity index (χ2n) is 6.86. The van der Waals surface area contributed by atoms with Crippen LogP contribution in [-0.4, -0.2) is 25.3 Å². The molecule has 0 bridgehead atoms. The van der Waals surface area contributed by atoms with E-state index in [1.807, 2.05) is 37.4 Å². The van der Waals surface area contributed by atoms with Gasteiger partial charge in [0, 0.05) is 4.90 Å². The molecular formula is C19H30O2S2. The van der Waals surface area contributed by atoms with Gasteiger partial charge in [0.2, 0.25) is 0 Å². The molecule has 0 amide bonds. The Kier molecular flexibility index (Phi) is 6.37. The Morgan fingerprint density at radius 3 is 2.43 bits per heavy atom. The number of hydrogen-bond acceptors (Lipinski definition) is 3. The average Bonchev–Trinajstić information content (AvgIpc) is 2.57. The molecule has 1 aromatic carbocycles. The van der Waals surface area contributed by atoms with Gasteiger partial charge in [0.05, 0.1) is 16.4 Å². The van der Waals surface area contributed by atoms with Crippen molar-refractivity contribution in [3.8, 4) is 0 Å². The second-order valence-corrected chi connectivity index (χ2v) is 9.93. The first-order chi connectivity index (χ1) is 10.9. The van der Waals surface area contributed by atoms with Gasteiger partial charge in [-0.15, -0.1) is 11.8 Å². The summed E-state index contributed by atoms with van der Waals surface area (Å²) in [6.07, 6.45) is 7.89. The largest absolute Gasteiger partial charge is 0.387 e. The fourth-order valence-electron chi connectivity index (χ4n) is 3.56. The van der Waals surface area contributed by atoms with E-state index in [0.717, 1.165) is 43.4 Å². The van der Waals surface area contributed by atoms with Crippen molar-refractivity contribution >= 4 is 22.6 Å². The molecule has 23 heavy (non-hydrogen) atoms. The van der Waals surface area contributed by atoms with Crippen LogP contribution in [0.5, 0.6) is 0 Å². The summed E-state index contributed by atoms with van der Waals surface area (Å²) in [5, 5.41) is 11.4. The summed E-state index contributed by atoms with van der Waals surface area (Å²) in [6, 6.07) is 7.95. The van der Waals surface area contributed by atoms with Crippen molar-refractivity contribution in [1.29, 1.82) is 0 Å². The SMILES string of the molecule is CCCCCC(SC)(S(=O)c1ccc(C)cc1)C1(O)CCC1C. The fourth-order valence-corrected chi connectivity index (χ4v) is 7.17. The molecule has 0 aromatic heterocycles. The van der Waals surface area contributed by atoms with Crippen molar-refractivity contribution in [2.75, 3.05) is 6.26 Å². The summed E-state index contributed by atoms with van der Waals surface area (Å²) in [4.78, 5) is 0.842. The van der Waals surface area contributed by atoms with E-state index in [1.54, 1.807) is 11.8 Å². The molecule has 130 valence electrons. The van der Waals surface area contributed by atoms with Crippen molar-refractivity contribution in [3.63, 3.8) is 0 Å². The van der Waals surface area contributed by atoms with Crippen LogP contribution in [-0.2, 0) is 10.8 Å². The van der Waals surface area contributed by atoms with Gasteiger partial charge in [-0.1, -0.05) is 50.8 Å².